The highest BCUT2D eigenvalue weighted by Crippen LogP contribution is 2.35. The summed E-state index contributed by atoms with van der Waals surface area (Å²) in [6.45, 7) is 0. The van der Waals surface area contributed by atoms with E-state index in [4.69, 9.17) is 10.5 Å². The predicted octanol–water partition coefficient (Wildman–Crippen LogP) is 3.61. The van der Waals surface area contributed by atoms with Gasteiger partial charge in [0.15, 0.2) is 0 Å². The molecular formula is C17H18FNO. The van der Waals surface area contributed by atoms with Gasteiger partial charge in [-0.3, -0.25) is 0 Å². The van der Waals surface area contributed by atoms with Gasteiger partial charge in [0.25, 0.3) is 0 Å². The molecule has 0 aliphatic carbocycles. The van der Waals surface area contributed by atoms with E-state index in [-0.39, 0.29) is 18.0 Å². The van der Waals surface area contributed by atoms with Gasteiger partial charge < -0.3 is 10.5 Å². The van der Waals surface area contributed by atoms with Gasteiger partial charge >= 0.3 is 0 Å². The lowest BCUT2D eigenvalue weighted by molar-refractivity contribution is 0.150. The van der Waals surface area contributed by atoms with Gasteiger partial charge in [-0.2, -0.15) is 0 Å². The number of halogens is 1. The van der Waals surface area contributed by atoms with Crippen molar-refractivity contribution < 1.29 is 9.13 Å². The van der Waals surface area contributed by atoms with E-state index in [1.54, 1.807) is 6.07 Å². The summed E-state index contributed by atoms with van der Waals surface area (Å²) in [6.07, 6.45) is 2.73. The fourth-order valence-corrected chi connectivity index (χ4v) is 2.70. The Balaban J connectivity index is 1.67. The zero-order chi connectivity index (χ0) is 13.9. The van der Waals surface area contributed by atoms with Crippen LogP contribution in [0.15, 0.2) is 48.5 Å². The zero-order valence-electron chi connectivity index (χ0n) is 11.3. The van der Waals surface area contributed by atoms with Crippen LogP contribution in [0.2, 0.25) is 0 Å². The van der Waals surface area contributed by atoms with Crippen LogP contribution in [0.4, 0.5) is 4.39 Å². The lowest BCUT2D eigenvalue weighted by Gasteiger charge is -2.30. The summed E-state index contributed by atoms with van der Waals surface area (Å²) in [4.78, 5) is 0. The van der Waals surface area contributed by atoms with Crippen molar-refractivity contribution in [3.8, 4) is 5.75 Å². The molecule has 0 spiro atoms. The van der Waals surface area contributed by atoms with Crippen LogP contribution in [0, 0.1) is 5.82 Å². The number of rotatable bonds is 3. The Bertz CT molecular complexity index is 585. The standard InChI is InChI=1S/C17H18FNO/c18-13-7-9-17-15(10-13)16(19)11-14(20-17)8-6-12-4-2-1-3-5-12/h1-5,7,9-10,14,16H,6,8,11,19H2/t14?,16-/m1/s1. The number of fused-ring (bicyclic) bond motifs is 1. The van der Waals surface area contributed by atoms with E-state index in [9.17, 15) is 4.39 Å². The molecule has 0 radical (unpaired) electrons. The maximum absolute atomic E-state index is 13.2. The van der Waals surface area contributed by atoms with E-state index in [0.29, 0.717) is 0 Å². The molecule has 3 heteroatoms. The molecule has 1 aliphatic heterocycles. The summed E-state index contributed by atoms with van der Waals surface area (Å²) in [5, 5.41) is 0. The third-order valence-corrected chi connectivity index (χ3v) is 3.78. The maximum atomic E-state index is 13.2. The first-order chi connectivity index (χ1) is 9.72. The largest absolute Gasteiger partial charge is 0.490 e. The third-order valence-electron chi connectivity index (χ3n) is 3.78. The number of hydrogen-bond donors (Lipinski definition) is 1. The molecule has 0 aromatic heterocycles. The number of nitrogens with two attached hydrogens (primary N) is 1. The van der Waals surface area contributed by atoms with E-state index in [1.165, 1.54) is 17.7 Å². The summed E-state index contributed by atoms with van der Waals surface area (Å²) in [5.41, 5.74) is 8.21. The predicted molar refractivity (Wildman–Crippen MR) is 77.1 cm³/mol. The van der Waals surface area contributed by atoms with Crippen molar-refractivity contribution >= 4 is 0 Å². The Morgan fingerprint density at radius 3 is 2.75 bits per heavy atom. The van der Waals surface area contributed by atoms with E-state index >= 15 is 0 Å². The summed E-state index contributed by atoms with van der Waals surface area (Å²) < 4.78 is 19.2. The molecule has 2 atom stereocenters. The summed E-state index contributed by atoms with van der Waals surface area (Å²) in [7, 11) is 0. The van der Waals surface area contributed by atoms with E-state index in [1.807, 2.05) is 18.2 Å². The fourth-order valence-electron chi connectivity index (χ4n) is 2.70. The molecule has 2 aromatic carbocycles. The van der Waals surface area contributed by atoms with E-state index in [2.05, 4.69) is 12.1 Å². The number of aryl methyl sites for hydroxylation is 1. The molecule has 2 aromatic rings. The Labute approximate surface area is 118 Å². The first-order valence-corrected chi connectivity index (χ1v) is 6.98. The monoisotopic (exact) mass is 271 g/mol. The smallest absolute Gasteiger partial charge is 0.124 e. The molecule has 1 unspecified atom stereocenters. The number of benzene rings is 2. The van der Waals surface area contributed by atoms with Crippen LogP contribution in [-0.2, 0) is 6.42 Å². The van der Waals surface area contributed by atoms with Gasteiger partial charge in [-0.15, -0.1) is 0 Å². The lowest BCUT2D eigenvalue weighted by Crippen LogP contribution is -2.30. The van der Waals surface area contributed by atoms with Crippen LogP contribution in [0.1, 0.15) is 30.0 Å². The zero-order valence-corrected chi connectivity index (χ0v) is 11.3. The van der Waals surface area contributed by atoms with Gasteiger partial charge in [0, 0.05) is 18.0 Å². The fraction of sp³-hybridized carbons (Fsp3) is 0.294. The molecule has 0 saturated heterocycles. The van der Waals surface area contributed by atoms with Crippen LogP contribution in [-0.4, -0.2) is 6.10 Å². The minimum absolute atomic E-state index is 0.100. The van der Waals surface area contributed by atoms with Crippen molar-refractivity contribution in [2.24, 2.45) is 5.73 Å². The molecular weight excluding hydrogens is 253 g/mol. The summed E-state index contributed by atoms with van der Waals surface area (Å²) >= 11 is 0. The average Bonchev–Trinajstić information content (AvgIpc) is 2.47. The highest BCUT2D eigenvalue weighted by molar-refractivity contribution is 5.38. The Kier molecular flexibility index (Phi) is 3.70. The average molecular weight is 271 g/mol. The van der Waals surface area contributed by atoms with Crippen molar-refractivity contribution in [3.63, 3.8) is 0 Å². The Morgan fingerprint density at radius 1 is 1.15 bits per heavy atom. The normalized spacial score (nSPS) is 21.1. The second-order valence-corrected chi connectivity index (χ2v) is 5.29. The molecule has 0 fully saturated rings. The molecule has 0 amide bonds. The van der Waals surface area contributed by atoms with Crippen LogP contribution < -0.4 is 10.5 Å². The molecule has 2 nitrogen and oxygen atoms in total. The maximum Gasteiger partial charge on any atom is 0.124 e. The van der Waals surface area contributed by atoms with Crippen molar-refractivity contribution in [1.82, 2.24) is 0 Å². The molecule has 2 N–H and O–H groups in total. The molecule has 104 valence electrons. The lowest BCUT2D eigenvalue weighted by atomic mass is 9.94. The number of hydrogen-bond acceptors (Lipinski definition) is 2. The minimum Gasteiger partial charge on any atom is -0.490 e. The second-order valence-electron chi connectivity index (χ2n) is 5.29. The van der Waals surface area contributed by atoms with Gasteiger partial charge in [-0.25, -0.2) is 4.39 Å². The number of ether oxygens (including phenoxy) is 1. The molecule has 0 saturated carbocycles. The SMILES string of the molecule is N[C@@H]1CC(CCc2ccccc2)Oc2ccc(F)cc21. The van der Waals surface area contributed by atoms with Gasteiger partial charge in [-0.1, -0.05) is 30.3 Å². The highest BCUT2D eigenvalue weighted by Gasteiger charge is 2.25. The third kappa shape index (κ3) is 2.83. The van der Waals surface area contributed by atoms with Crippen LogP contribution >= 0.6 is 0 Å². The van der Waals surface area contributed by atoms with E-state index in [0.717, 1.165) is 30.6 Å². The van der Waals surface area contributed by atoms with Crippen molar-refractivity contribution in [2.45, 2.75) is 31.4 Å². The molecule has 20 heavy (non-hydrogen) atoms. The second kappa shape index (κ2) is 5.63. The Morgan fingerprint density at radius 2 is 1.95 bits per heavy atom. The van der Waals surface area contributed by atoms with Crippen LogP contribution in [0.3, 0.4) is 0 Å². The van der Waals surface area contributed by atoms with E-state index < -0.39 is 0 Å². The van der Waals surface area contributed by atoms with Gasteiger partial charge in [0.1, 0.15) is 17.7 Å². The van der Waals surface area contributed by atoms with Crippen molar-refractivity contribution in [3.05, 3.63) is 65.5 Å². The van der Waals surface area contributed by atoms with Gasteiger partial charge in [0.2, 0.25) is 0 Å². The van der Waals surface area contributed by atoms with Crippen molar-refractivity contribution in [1.29, 1.82) is 0 Å². The highest BCUT2D eigenvalue weighted by atomic mass is 19.1. The van der Waals surface area contributed by atoms with Crippen molar-refractivity contribution in [2.75, 3.05) is 0 Å². The van der Waals surface area contributed by atoms with Crippen LogP contribution in [0.25, 0.3) is 0 Å². The van der Waals surface area contributed by atoms with Gasteiger partial charge in [0.05, 0.1) is 0 Å². The molecule has 0 bridgehead atoms. The molecule has 1 aliphatic rings. The minimum atomic E-state index is -0.259. The first-order valence-electron chi connectivity index (χ1n) is 6.98. The Hall–Kier alpha value is -1.87. The van der Waals surface area contributed by atoms with Gasteiger partial charge in [-0.05, 0) is 36.6 Å². The summed E-state index contributed by atoms with van der Waals surface area (Å²) in [6, 6.07) is 14.8. The summed E-state index contributed by atoms with van der Waals surface area (Å²) in [5.74, 6) is 0.466. The van der Waals surface area contributed by atoms with Crippen LogP contribution in [0.5, 0.6) is 5.75 Å². The quantitative estimate of drug-likeness (QED) is 0.925. The topological polar surface area (TPSA) is 35.2 Å². The molecule has 1 heterocycles. The molecule has 3 rings (SSSR count). The first kappa shape index (κ1) is 13.1.